The highest BCUT2D eigenvalue weighted by Crippen LogP contribution is 2.05. The van der Waals surface area contributed by atoms with Crippen LogP contribution in [0.3, 0.4) is 0 Å². The van der Waals surface area contributed by atoms with Gasteiger partial charge in [0.1, 0.15) is 0 Å². The summed E-state index contributed by atoms with van der Waals surface area (Å²) in [6.07, 6.45) is 1.49. The standard InChI is InChI=1S/C10H20N2O4/c1-3-4-7(5-11)9(13)12-8(6-16-2)10(14)15/h7-8H,3-6,11H2,1-2H3,(H,12,13)(H,14,15). The minimum atomic E-state index is -1.11. The number of carbonyl (C=O) groups is 2. The number of aliphatic carboxylic acids is 1. The number of carboxylic acids is 1. The smallest absolute Gasteiger partial charge is 0.328 e. The zero-order chi connectivity index (χ0) is 12.6. The van der Waals surface area contributed by atoms with Crippen LogP contribution in [0, 0.1) is 5.92 Å². The zero-order valence-corrected chi connectivity index (χ0v) is 9.73. The SMILES string of the molecule is CCCC(CN)C(=O)NC(COC)C(=O)O. The maximum Gasteiger partial charge on any atom is 0.328 e. The summed E-state index contributed by atoms with van der Waals surface area (Å²) in [7, 11) is 1.38. The van der Waals surface area contributed by atoms with Gasteiger partial charge in [0.2, 0.25) is 5.91 Å². The van der Waals surface area contributed by atoms with Gasteiger partial charge in [-0.15, -0.1) is 0 Å². The van der Waals surface area contributed by atoms with Gasteiger partial charge in [0.05, 0.1) is 12.5 Å². The van der Waals surface area contributed by atoms with Gasteiger partial charge in [0.25, 0.3) is 0 Å². The average molecular weight is 232 g/mol. The van der Waals surface area contributed by atoms with Crippen LogP contribution >= 0.6 is 0 Å². The Morgan fingerprint density at radius 3 is 2.50 bits per heavy atom. The third-order valence-corrected chi connectivity index (χ3v) is 2.24. The summed E-state index contributed by atoms with van der Waals surface area (Å²) in [5.74, 6) is -1.76. The second-order valence-electron chi connectivity index (χ2n) is 3.58. The third-order valence-electron chi connectivity index (χ3n) is 2.24. The molecule has 2 unspecified atom stereocenters. The third kappa shape index (κ3) is 5.09. The topological polar surface area (TPSA) is 102 Å². The molecule has 0 aromatic heterocycles. The molecule has 0 aliphatic heterocycles. The maximum absolute atomic E-state index is 11.6. The minimum Gasteiger partial charge on any atom is -0.480 e. The minimum absolute atomic E-state index is 0.0511. The first-order valence-electron chi connectivity index (χ1n) is 5.28. The molecular formula is C10H20N2O4. The summed E-state index contributed by atoms with van der Waals surface area (Å²) < 4.78 is 4.71. The molecule has 0 aromatic rings. The van der Waals surface area contributed by atoms with Crippen molar-refractivity contribution < 1.29 is 19.4 Å². The molecule has 16 heavy (non-hydrogen) atoms. The van der Waals surface area contributed by atoms with Crippen molar-refractivity contribution in [1.82, 2.24) is 5.32 Å². The van der Waals surface area contributed by atoms with Crippen LogP contribution in [0.2, 0.25) is 0 Å². The van der Waals surface area contributed by atoms with Gasteiger partial charge in [-0.1, -0.05) is 13.3 Å². The van der Waals surface area contributed by atoms with E-state index in [1.54, 1.807) is 0 Å². The Morgan fingerprint density at radius 2 is 2.12 bits per heavy atom. The Labute approximate surface area is 95.1 Å². The van der Waals surface area contributed by atoms with Crippen LogP contribution in [0.5, 0.6) is 0 Å². The van der Waals surface area contributed by atoms with Crippen molar-refractivity contribution in [3.8, 4) is 0 Å². The lowest BCUT2D eigenvalue weighted by Gasteiger charge is -2.18. The maximum atomic E-state index is 11.6. The van der Waals surface area contributed by atoms with Gasteiger partial charge < -0.3 is 20.9 Å². The molecule has 0 bridgehead atoms. The molecule has 0 rings (SSSR count). The van der Waals surface area contributed by atoms with Gasteiger partial charge in [0.15, 0.2) is 6.04 Å². The van der Waals surface area contributed by atoms with E-state index in [-0.39, 0.29) is 25.0 Å². The molecular weight excluding hydrogens is 212 g/mol. The monoisotopic (exact) mass is 232 g/mol. The molecule has 0 fully saturated rings. The molecule has 0 heterocycles. The van der Waals surface area contributed by atoms with Crippen molar-refractivity contribution in [2.45, 2.75) is 25.8 Å². The van der Waals surface area contributed by atoms with Crippen molar-refractivity contribution in [2.75, 3.05) is 20.3 Å². The Kier molecular flexibility index (Phi) is 7.49. The van der Waals surface area contributed by atoms with Crippen LogP contribution < -0.4 is 11.1 Å². The van der Waals surface area contributed by atoms with Gasteiger partial charge >= 0.3 is 5.97 Å². The lowest BCUT2D eigenvalue weighted by atomic mass is 10.0. The molecule has 0 aliphatic rings. The number of methoxy groups -OCH3 is 1. The predicted octanol–water partition coefficient (Wildman–Crippen LogP) is -0.423. The van der Waals surface area contributed by atoms with Crippen LogP contribution in [0.15, 0.2) is 0 Å². The summed E-state index contributed by atoms with van der Waals surface area (Å²) in [6, 6.07) is -1.01. The van der Waals surface area contributed by atoms with Crippen LogP contribution in [-0.2, 0) is 14.3 Å². The number of nitrogens with one attached hydrogen (secondary N) is 1. The van der Waals surface area contributed by atoms with Gasteiger partial charge in [-0.05, 0) is 6.42 Å². The van der Waals surface area contributed by atoms with Crippen molar-refractivity contribution in [3.63, 3.8) is 0 Å². The second-order valence-corrected chi connectivity index (χ2v) is 3.58. The normalized spacial score (nSPS) is 14.2. The number of hydrogen-bond acceptors (Lipinski definition) is 4. The highest BCUT2D eigenvalue weighted by Gasteiger charge is 2.23. The first-order valence-corrected chi connectivity index (χ1v) is 5.28. The first-order chi connectivity index (χ1) is 7.56. The van der Waals surface area contributed by atoms with E-state index in [1.807, 2.05) is 6.92 Å². The van der Waals surface area contributed by atoms with Crippen molar-refractivity contribution in [3.05, 3.63) is 0 Å². The van der Waals surface area contributed by atoms with E-state index in [0.29, 0.717) is 6.42 Å². The number of ether oxygens (including phenoxy) is 1. The number of rotatable bonds is 8. The number of carboxylic acid groups (broad SMARTS) is 1. The molecule has 2 atom stereocenters. The van der Waals surface area contributed by atoms with Gasteiger partial charge in [-0.2, -0.15) is 0 Å². The Balaban J connectivity index is 4.31. The molecule has 94 valence electrons. The number of nitrogens with two attached hydrogens (primary N) is 1. The van der Waals surface area contributed by atoms with Crippen LogP contribution in [0.1, 0.15) is 19.8 Å². The lowest BCUT2D eigenvalue weighted by Crippen LogP contribution is -2.47. The van der Waals surface area contributed by atoms with E-state index in [0.717, 1.165) is 6.42 Å². The van der Waals surface area contributed by atoms with Crippen molar-refractivity contribution >= 4 is 11.9 Å². The fourth-order valence-corrected chi connectivity index (χ4v) is 1.34. The molecule has 6 nitrogen and oxygen atoms in total. The summed E-state index contributed by atoms with van der Waals surface area (Å²) in [5.41, 5.74) is 5.45. The lowest BCUT2D eigenvalue weighted by molar-refractivity contribution is -0.144. The van der Waals surface area contributed by atoms with E-state index >= 15 is 0 Å². The van der Waals surface area contributed by atoms with E-state index in [2.05, 4.69) is 5.32 Å². The summed E-state index contributed by atoms with van der Waals surface area (Å²) in [4.78, 5) is 22.4. The molecule has 0 saturated carbocycles. The van der Waals surface area contributed by atoms with Gasteiger partial charge in [-0.25, -0.2) is 4.79 Å². The van der Waals surface area contributed by atoms with E-state index in [1.165, 1.54) is 7.11 Å². The average Bonchev–Trinajstić information content (AvgIpc) is 2.24. The fourth-order valence-electron chi connectivity index (χ4n) is 1.34. The quantitative estimate of drug-likeness (QED) is 0.527. The highest BCUT2D eigenvalue weighted by atomic mass is 16.5. The first kappa shape index (κ1) is 14.9. The van der Waals surface area contributed by atoms with E-state index in [9.17, 15) is 9.59 Å². The largest absolute Gasteiger partial charge is 0.480 e. The number of hydrogen-bond donors (Lipinski definition) is 3. The molecule has 0 radical (unpaired) electrons. The summed E-state index contributed by atoms with van der Waals surface area (Å²) in [5, 5.41) is 11.2. The van der Waals surface area contributed by atoms with Gasteiger partial charge in [0, 0.05) is 13.7 Å². The van der Waals surface area contributed by atoms with Crippen molar-refractivity contribution in [2.24, 2.45) is 11.7 Å². The summed E-state index contributed by atoms with van der Waals surface area (Å²) in [6.45, 7) is 2.11. The molecule has 1 amide bonds. The predicted molar refractivity (Wildman–Crippen MR) is 58.9 cm³/mol. The molecule has 0 aliphatic carbocycles. The molecule has 0 aromatic carbocycles. The van der Waals surface area contributed by atoms with Crippen molar-refractivity contribution in [1.29, 1.82) is 0 Å². The highest BCUT2D eigenvalue weighted by molar-refractivity contribution is 5.85. The van der Waals surface area contributed by atoms with Crippen LogP contribution in [-0.4, -0.2) is 43.3 Å². The zero-order valence-electron chi connectivity index (χ0n) is 9.73. The van der Waals surface area contributed by atoms with E-state index < -0.39 is 12.0 Å². The fraction of sp³-hybridized carbons (Fsp3) is 0.800. The van der Waals surface area contributed by atoms with Gasteiger partial charge in [-0.3, -0.25) is 4.79 Å². The summed E-state index contributed by atoms with van der Waals surface area (Å²) >= 11 is 0. The second kappa shape index (κ2) is 8.06. The van der Waals surface area contributed by atoms with Crippen LogP contribution in [0.4, 0.5) is 0 Å². The molecule has 0 saturated heterocycles. The Bertz CT molecular complexity index is 233. The van der Waals surface area contributed by atoms with E-state index in [4.69, 9.17) is 15.6 Å². The Morgan fingerprint density at radius 1 is 1.50 bits per heavy atom. The molecule has 0 spiro atoms. The number of amides is 1. The molecule has 4 N–H and O–H groups in total. The molecule has 6 heteroatoms. The van der Waals surface area contributed by atoms with Crippen LogP contribution in [0.25, 0.3) is 0 Å². The Hall–Kier alpha value is -1.14. The number of carbonyl (C=O) groups excluding carboxylic acids is 1.